The summed E-state index contributed by atoms with van der Waals surface area (Å²) in [4.78, 5) is 8.57. The van der Waals surface area contributed by atoms with E-state index in [1.54, 1.807) is 30.3 Å². The standard InChI is InChI=1S/C7H9O3P.2Na.7H2O.2H/c8-7(11(9)10)6-4-2-1-3-5-6;;;;;;;;;;;/h1-5,7-8,11H,(H,9,10);;;7*1H2;;. The molecule has 0 heterocycles. The molecule has 0 spiro atoms. The van der Waals surface area contributed by atoms with E-state index in [4.69, 9.17) is 10.00 Å². The number of hydrogen-bond acceptors (Lipinski definition) is 2. The maximum absolute atomic E-state index is 10.4. The zero-order chi connectivity index (χ0) is 8.27. The van der Waals surface area contributed by atoms with Crippen molar-refractivity contribution in [3.63, 3.8) is 0 Å². The average Bonchev–Trinajstić information content (AvgIpc) is 2.05. The zero-order valence-corrected chi connectivity index (χ0v) is 10.3. The molecule has 1 aromatic rings. The van der Waals surface area contributed by atoms with Gasteiger partial charge in [-0.2, -0.15) is 0 Å². The molecule has 0 aliphatic carbocycles. The van der Waals surface area contributed by atoms with Crippen LogP contribution < -0.4 is 0 Å². The molecule has 0 amide bonds. The van der Waals surface area contributed by atoms with E-state index in [1.165, 1.54) is 0 Å². The number of hydrogen-bond donors (Lipinski definition) is 2. The predicted octanol–water partition coefficient (Wildman–Crippen LogP) is -5.93. The topological polar surface area (TPSA) is 278 Å². The van der Waals surface area contributed by atoms with Crippen molar-refractivity contribution in [2.75, 3.05) is 0 Å². The molecule has 2 unspecified atom stereocenters. The fraction of sp³-hybridized carbons (Fsp3) is 0.143. The molecular weight excluding hydrogens is 321 g/mol. The van der Waals surface area contributed by atoms with Gasteiger partial charge >= 0.3 is 59.1 Å². The Morgan fingerprint density at radius 1 is 0.800 bits per heavy atom. The van der Waals surface area contributed by atoms with E-state index in [9.17, 15) is 4.57 Å². The Morgan fingerprint density at radius 3 is 1.35 bits per heavy atom. The summed E-state index contributed by atoms with van der Waals surface area (Å²) in [6.07, 6.45) is 0. The summed E-state index contributed by atoms with van der Waals surface area (Å²) in [6.45, 7) is 0. The first-order valence-electron chi connectivity index (χ1n) is 3.17. The molecule has 0 aliphatic rings. The Labute approximate surface area is 160 Å². The fourth-order valence-corrected chi connectivity index (χ4v) is 1.26. The molecule has 0 aromatic heterocycles. The molecule has 0 saturated carbocycles. The van der Waals surface area contributed by atoms with Crippen molar-refractivity contribution in [1.29, 1.82) is 0 Å². The first-order valence-corrected chi connectivity index (χ1v) is 4.61. The monoisotopic (exact) mass is 346 g/mol. The number of aliphatic hydroxyl groups is 1. The Kier molecular flexibility index (Phi) is 93.6. The van der Waals surface area contributed by atoms with Crippen LogP contribution >= 0.6 is 8.03 Å². The van der Waals surface area contributed by atoms with Gasteiger partial charge < -0.3 is 48.3 Å². The summed E-state index contributed by atoms with van der Waals surface area (Å²) in [6, 6.07) is 8.43. The Bertz CT molecular complexity index is 265. The van der Waals surface area contributed by atoms with Crippen molar-refractivity contribution in [2.45, 2.75) is 5.85 Å². The second-order valence-corrected chi connectivity index (χ2v) is 3.37. The van der Waals surface area contributed by atoms with Gasteiger partial charge in [0.05, 0.1) is 0 Å². The summed E-state index contributed by atoms with van der Waals surface area (Å²) in [5.41, 5.74) is 0.485. The van der Waals surface area contributed by atoms with Crippen LogP contribution in [0.4, 0.5) is 0 Å². The van der Waals surface area contributed by atoms with Crippen LogP contribution in [0, 0.1) is 0 Å². The number of benzene rings is 1. The fourth-order valence-electron chi connectivity index (χ4n) is 0.778. The minimum atomic E-state index is -2.86. The molecule has 1 aromatic carbocycles. The molecule has 13 heteroatoms. The van der Waals surface area contributed by atoms with E-state index in [0.717, 1.165) is 0 Å². The summed E-state index contributed by atoms with van der Waals surface area (Å²) < 4.78 is 10.4. The molecular formula is C7H25Na2O10P. The van der Waals surface area contributed by atoms with Crippen LogP contribution in [0.1, 0.15) is 11.4 Å². The average molecular weight is 346 g/mol. The van der Waals surface area contributed by atoms with Gasteiger partial charge in [0.2, 0.25) is 8.03 Å². The third kappa shape index (κ3) is 21.4. The van der Waals surface area contributed by atoms with Crippen molar-refractivity contribution in [3.05, 3.63) is 35.9 Å². The van der Waals surface area contributed by atoms with Gasteiger partial charge in [0.15, 0.2) is 5.85 Å². The number of aliphatic hydroxyl groups excluding tert-OH is 1. The van der Waals surface area contributed by atoms with Crippen molar-refractivity contribution in [1.82, 2.24) is 0 Å². The second-order valence-electron chi connectivity index (χ2n) is 2.15. The van der Waals surface area contributed by atoms with E-state index in [0.29, 0.717) is 5.56 Å². The van der Waals surface area contributed by atoms with Crippen molar-refractivity contribution in [3.8, 4) is 0 Å². The first-order chi connectivity index (χ1) is 5.22. The van der Waals surface area contributed by atoms with E-state index in [2.05, 4.69) is 0 Å². The van der Waals surface area contributed by atoms with E-state index in [1.807, 2.05) is 0 Å². The van der Waals surface area contributed by atoms with Crippen LogP contribution in [-0.4, -0.2) is 107 Å². The van der Waals surface area contributed by atoms with Crippen LogP contribution in [0.2, 0.25) is 0 Å². The van der Waals surface area contributed by atoms with Gasteiger partial charge in [-0.25, -0.2) is 0 Å². The SMILES string of the molecule is O.O.O.O.O.O.O.O=[PH](O)C(O)c1ccccc1.[NaH].[NaH]. The third-order valence-corrected chi connectivity index (χ3v) is 2.15. The van der Waals surface area contributed by atoms with Crippen LogP contribution in [-0.2, 0) is 4.57 Å². The van der Waals surface area contributed by atoms with Gasteiger partial charge in [-0.1, -0.05) is 30.3 Å². The molecule has 120 valence electrons. The molecule has 2 atom stereocenters. The van der Waals surface area contributed by atoms with Crippen molar-refractivity contribution in [2.24, 2.45) is 0 Å². The van der Waals surface area contributed by atoms with E-state index >= 15 is 0 Å². The van der Waals surface area contributed by atoms with Crippen LogP contribution in [0.15, 0.2) is 30.3 Å². The van der Waals surface area contributed by atoms with Crippen molar-refractivity contribution < 1.29 is 52.9 Å². The Hall–Kier alpha value is 1.09. The minimum absolute atomic E-state index is 0. The number of rotatable bonds is 2. The summed E-state index contributed by atoms with van der Waals surface area (Å²) in [7, 11) is -2.86. The molecule has 10 nitrogen and oxygen atoms in total. The van der Waals surface area contributed by atoms with Gasteiger partial charge in [-0.15, -0.1) is 0 Å². The second kappa shape index (κ2) is 32.2. The summed E-state index contributed by atoms with van der Waals surface area (Å²) in [5.74, 6) is -1.22. The molecule has 16 N–H and O–H groups in total. The maximum atomic E-state index is 10.4. The summed E-state index contributed by atoms with van der Waals surface area (Å²) >= 11 is 0. The van der Waals surface area contributed by atoms with Gasteiger partial charge in [-0.3, -0.25) is 4.57 Å². The molecule has 0 aliphatic heterocycles. The molecule has 0 fully saturated rings. The molecule has 0 saturated heterocycles. The van der Waals surface area contributed by atoms with E-state index < -0.39 is 13.9 Å². The zero-order valence-electron chi connectivity index (χ0n) is 9.27. The van der Waals surface area contributed by atoms with Crippen LogP contribution in [0.25, 0.3) is 0 Å². The van der Waals surface area contributed by atoms with Gasteiger partial charge in [0.1, 0.15) is 0 Å². The third-order valence-electron chi connectivity index (χ3n) is 1.35. The van der Waals surface area contributed by atoms with E-state index in [-0.39, 0.29) is 97.4 Å². The van der Waals surface area contributed by atoms with Crippen LogP contribution in [0.3, 0.4) is 0 Å². The predicted molar refractivity (Wildman–Crippen MR) is 82.2 cm³/mol. The summed E-state index contributed by atoms with van der Waals surface area (Å²) in [5, 5.41) is 9.08. The normalized spacial score (nSPS) is 8.70. The molecule has 0 bridgehead atoms. The Morgan fingerprint density at radius 2 is 1.10 bits per heavy atom. The molecule has 20 heavy (non-hydrogen) atoms. The first kappa shape index (κ1) is 58.2. The van der Waals surface area contributed by atoms with Crippen molar-refractivity contribution >= 4 is 67.1 Å². The van der Waals surface area contributed by atoms with Gasteiger partial charge in [0, 0.05) is 0 Å². The van der Waals surface area contributed by atoms with Crippen LogP contribution in [0.5, 0.6) is 0 Å². The van der Waals surface area contributed by atoms with Gasteiger partial charge in [-0.05, 0) is 5.56 Å². The molecule has 1 rings (SSSR count). The quantitative estimate of drug-likeness (QED) is 0.391. The van der Waals surface area contributed by atoms with Gasteiger partial charge in [0.25, 0.3) is 0 Å². The molecule has 0 radical (unpaired) electrons. The Balaban J connectivity index is -0.0000000192.